The maximum atomic E-state index is 9.64. The summed E-state index contributed by atoms with van der Waals surface area (Å²) >= 11 is 12.6. The van der Waals surface area contributed by atoms with Gasteiger partial charge in [0.2, 0.25) is 0 Å². The lowest BCUT2D eigenvalue weighted by Crippen LogP contribution is -1.90. The average Bonchev–Trinajstić information content (AvgIpc) is 1.64. The van der Waals surface area contributed by atoms with Gasteiger partial charge in [0, 0.05) is 0 Å². The molecule has 0 amide bonds. The second-order valence-corrected chi connectivity index (χ2v) is 2.79. The van der Waals surface area contributed by atoms with E-state index < -0.39 is 10.1 Å². The van der Waals surface area contributed by atoms with Gasteiger partial charge in [-0.2, -0.15) is 0 Å². The maximum absolute atomic E-state index is 9.64. The fraction of sp³-hybridized carbons (Fsp3) is 0. The molecule has 0 aliphatic rings. The van der Waals surface area contributed by atoms with E-state index in [4.69, 9.17) is 23.2 Å². The Balaban J connectivity index is 4.23. The van der Waals surface area contributed by atoms with Gasteiger partial charge in [0.15, 0.2) is 3.94 Å². The first-order chi connectivity index (χ1) is 3.55. The third-order valence-corrected chi connectivity index (χ3v) is 1.52. The van der Waals surface area contributed by atoms with E-state index in [9.17, 15) is 10.1 Å². The van der Waals surface area contributed by atoms with Crippen LogP contribution in [0.2, 0.25) is 0 Å². The molecule has 0 aromatic carbocycles. The van der Waals surface area contributed by atoms with Gasteiger partial charge in [-0.25, -0.2) is 0 Å². The van der Waals surface area contributed by atoms with Crippen molar-refractivity contribution in [3.05, 3.63) is 19.2 Å². The van der Waals surface area contributed by atoms with Crippen LogP contribution in [0.5, 0.6) is 0 Å². The molecular formula is C2BrCl2NO2. The van der Waals surface area contributed by atoms with Gasteiger partial charge in [-0.1, -0.05) is 11.6 Å². The smallest absolute Gasteiger partial charge is 0.257 e. The molecule has 8 heavy (non-hydrogen) atoms. The zero-order valence-corrected chi connectivity index (χ0v) is 6.50. The maximum Gasteiger partial charge on any atom is 0.362 e. The molecule has 0 aliphatic carbocycles. The molecule has 0 saturated carbocycles. The van der Waals surface area contributed by atoms with Gasteiger partial charge >= 0.3 is 5.16 Å². The van der Waals surface area contributed by atoms with Crippen molar-refractivity contribution in [3.8, 4) is 0 Å². The molecule has 0 radical (unpaired) electrons. The summed E-state index contributed by atoms with van der Waals surface area (Å²) < 4.78 is -0.191. The third-order valence-electron chi connectivity index (χ3n) is 0.316. The van der Waals surface area contributed by atoms with Gasteiger partial charge in [-0.15, -0.1) is 0 Å². The Kier molecular flexibility index (Phi) is 3.35. The van der Waals surface area contributed by atoms with Gasteiger partial charge in [0.1, 0.15) is 0 Å². The summed E-state index contributed by atoms with van der Waals surface area (Å²) in [6.07, 6.45) is 0. The van der Waals surface area contributed by atoms with Crippen molar-refractivity contribution in [1.29, 1.82) is 0 Å². The van der Waals surface area contributed by atoms with E-state index in [0.29, 0.717) is 0 Å². The minimum atomic E-state index is -0.793. The minimum absolute atomic E-state index is 0.191. The summed E-state index contributed by atoms with van der Waals surface area (Å²) in [7, 11) is 0. The van der Waals surface area contributed by atoms with E-state index in [0.717, 1.165) is 0 Å². The van der Waals surface area contributed by atoms with Crippen LogP contribution in [-0.4, -0.2) is 4.92 Å². The van der Waals surface area contributed by atoms with Crippen LogP contribution in [-0.2, 0) is 0 Å². The molecule has 0 spiro atoms. The molecule has 0 aromatic rings. The second kappa shape index (κ2) is 3.27. The van der Waals surface area contributed by atoms with Crippen LogP contribution in [0.25, 0.3) is 0 Å². The van der Waals surface area contributed by atoms with Gasteiger partial charge in [-0.05, 0) is 27.5 Å². The van der Waals surface area contributed by atoms with Gasteiger partial charge < -0.3 is 0 Å². The van der Waals surface area contributed by atoms with Crippen LogP contribution in [0.15, 0.2) is 9.10 Å². The number of hydrogen-bond donors (Lipinski definition) is 0. The number of hydrogen-bond acceptors (Lipinski definition) is 2. The standard InChI is InChI=1S/C2BrCl2NO2/c3-1(4)2(5)6(7)8. The fourth-order valence-corrected chi connectivity index (χ4v) is 0.283. The van der Waals surface area contributed by atoms with E-state index in [1.54, 1.807) is 0 Å². The molecule has 0 fully saturated rings. The van der Waals surface area contributed by atoms with E-state index in [1.807, 2.05) is 0 Å². The topological polar surface area (TPSA) is 43.1 Å². The predicted octanol–water partition coefficient (Wildman–Crippen LogP) is 2.26. The highest BCUT2D eigenvalue weighted by Gasteiger charge is 2.09. The molecule has 0 rings (SSSR count). The van der Waals surface area contributed by atoms with Crippen LogP contribution in [0.3, 0.4) is 0 Å². The van der Waals surface area contributed by atoms with Crippen LogP contribution < -0.4 is 0 Å². The molecule has 0 aromatic heterocycles. The molecule has 0 N–H and O–H groups in total. The monoisotopic (exact) mass is 219 g/mol. The highest BCUT2D eigenvalue weighted by atomic mass is 79.9. The van der Waals surface area contributed by atoms with Gasteiger partial charge in [0.25, 0.3) is 0 Å². The van der Waals surface area contributed by atoms with Crippen LogP contribution in [0, 0.1) is 10.1 Å². The lowest BCUT2D eigenvalue weighted by molar-refractivity contribution is -0.412. The van der Waals surface area contributed by atoms with Crippen molar-refractivity contribution in [2.24, 2.45) is 0 Å². The summed E-state index contributed by atoms with van der Waals surface area (Å²) in [5.41, 5.74) is 0. The number of halogens is 3. The van der Waals surface area contributed by atoms with Crippen molar-refractivity contribution in [3.63, 3.8) is 0 Å². The number of rotatable bonds is 1. The molecule has 0 heterocycles. The third kappa shape index (κ3) is 2.49. The summed E-state index contributed by atoms with van der Waals surface area (Å²) in [4.78, 5) is 8.85. The number of nitrogens with zero attached hydrogens (tertiary/aromatic N) is 1. The highest BCUT2D eigenvalue weighted by molar-refractivity contribution is 9.12. The molecule has 0 saturated heterocycles. The first kappa shape index (κ1) is 8.20. The summed E-state index contributed by atoms with van der Waals surface area (Å²) in [5.74, 6) is 0. The Morgan fingerprint density at radius 1 is 1.62 bits per heavy atom. The minimum Gasteiger partial charge on any atom is -0.257 e. The van der Waals surface area contributed by atoms with Crippen molar-refractivity contribution < 1.29 is 4.92 Å². The zero-order valence-electron chi connectivity index (χ0n) is 3.40. The Bertz CT molecular complexity index is 141. The molecule has 0 aliphatic heterocycles. The fourth-order valence-electron chi connectivity index (χ4n) is 0.0690. The van der Waals surface area contributed by atoms with Crippen molar-refractivity contribution >= 4 is 39.1 Å². The predicted molar refractivity (Wildman–Crippen MR) is 34.7 cm³/mol. The van der Waals surface area contributed by atoms with Crippen molar-refractivity contribution in [2.45, 2.75) is 0 Å². The molecule has 0 bridgehead atoms. The highest BCUT2D eigenvalue weighted by Crippen LogP contribution is 2.19. The van der Waals surface area contributed by atoms with Gasteiger partial charge in [0.05, 0.1) is 4.92 Å². The Morgan fingerprint density at radius 2 is 2.00 bits per heavy atom. The summed E-state index contributed by atoms with van der Waals surface area (Å²) in [5, 5.41) is 9.04. The van der Waals surface area contributed by atoms with Gasteiger partial charge in [-0.3, -0.25) is 10.1 Å². The Morgan fingerprint density at radius 3 is 2.00 bits per heavy atom. The van der Waals surface area contributed by atoms with E-state index in [2.05, 4.69) is 15.9 Å². The Hall–Kier alpha value is 0.200. The van der Waals surface area contributed by atoms with Crippen LogP contribution >= 0.6 is 39.1 Å². The molecular weight excluding hydrogens is 221 g/mol. The normalized spacial score (nSPS) is 12.9. The van der Waals surface area contributed by atoms with Crippen molar-refractivity contribution in [2.75, 3.05) is 0 Å². The molecule has 46 valence electrons. The first-order valence-electron chi connectivity index (χ1n) is 1.41. The van der Waals surface area contributed by atoms with E-state index >= 15 is 0 Å². The molecule has 6 heteroatoms. The second-order valence-electron chi connectivity index (χ2n) is 0.808. The van der Waals surface area contributed by atoms with Crippen LogP contribution in [0.4, 0.5) is 0 Å². The molecule has 0 atom stereocenters. The van der Waals surface area contributed by atoms with Crippen molar-refractivity contribution in [1.82, 2.24) is 0 Å². The Labute approximate surface area is 63.5 Å². The molecule has 3 nitrogen and oxygen atoms in total. The lowest BCUT2D eigenvalue weighted by atomic mass is 11.0. The average molecular weight is 221 g/mol. The van der Waals surface area contributed by atoms with E-state index in [1.165, 1.54) is 0 Å². The largest absolute Gasteiger partial charge is 0.362 e. The zero-order chi connectivity index (χ0) is 6.73. The number of nitro groups is 1. The first-order valence-corrected chi connectivity index (χ1v) is 2.95. The van der Waals surface area contributed by atoms with E-state index in [-0.39, 0.29) is 3.94 Å². The summed E-state index contributed by atoms with van der Waals surface area (Å²) in [6.45, 7) is 0. The lowest BCUT2D eigenvalue weighted by Gasteiger charge is -1.82. The quantitative estimate of drug-likeness (QED) is 0.387. The van der Waals surface area contributed by atoms with Crippen LogP contribution in [0.1, 0.15) is 0 Å². The molecule has 0 unspecified atom stereocenters. The summed E-state index contributed by atoms with van der Waals surface area (Å²) in [6, 6.07) is 0. The SMILES string of the molecule is O=[N+]([O-])C(Cl)=C(Cl)Br.